The van der Waals surface area contributed by atoms with E-state index in [2.05, 4.69) is 5.32 Å². The molecule has 1 amide bonds. The SMILES string of the molecule is COCC(CCCl)NC(=O)c1ccc(C)c(O)c1. The molecule has 0 radical (unpaired) electrons. The molecule has 0 heterocycles. The Morgan fingerprint density at radius 3 is 2.83 bits per heavy atom. The topological polar surface area (TPSA) is 58.6 Å². The highest BCUT2D eigenvalue weighted by Crippen LogP contribution is 2.17. The number of benzene rings is 1. The number of methoxy groups -OCH3 is 1. The lowest BCUT2D eigenvalue weighted by Gasteiger charge is -2.16. The maximum atomic E-state index is 11.9. The first-order valence-corrected chi connectivity index (χ1v) is 6.27. The normalized spacial score (nSPS) is 12.2. The second-order valence-corrected chi connectivity index (χ2v) is 4.48. The summed E-state index contributed by atoms with van der Waals surface area (Å²) in [6, 6.07) is 4.71. The van der Waals surface area contributed by atoms with Crippen LogP contribution in [0.2, 0.25) is 0 Å². The summed E-state index contributed by atoms with van der Waals surface area (Å²) in [7, 11) is 1.57. The van der Waals surface area contributed by atoms with E-state index in [1.807, 2.05) is 0 Å². The fourth-order valence-corrected chi connectivity index (χ4v) is 1.81. The highest BCUT2D eigenvalue weighted by Gasteiger charge is 2.14. The van der Waals surface area contributed by atoms with E-state index in [1.165, 1.54) is 6.07 Å². The number of phenolic OH excluding ortho intramolecular Hbond substituents is 1. The highest BCUT2D eigenvalue weighted by atomic mass is 35.5. The Balaban J connectivity index is 2.70. The van der Waals surface area contributed by atoms with Crippen molar-refractivity contribution in [3.8, 4) is 5.75 Å². The highest BCUT2D eigenvalue weighted by molar-refractivity contribution is 6.17. The lowest BCUT2D eigenvalue weighted by molar-refractivity contribution is 0.0895. The summed E-state index contributed by atoms with van der Waals surface area (Å²) in [5.74, 6) is 0.328. The fourth-order valence-electron chi connectivity index (χ4n) is 1.55. The van der Waals surface area contributed by atoms with Gasteiger partial charge in [-0.25, -0.2) is 0 Å². The van der Waals surface area contributed by atoms with Crippen LogP contribution < -0.4 is 5.32 Å². The summed E-state index contributed by atoms with van der Waals surface area (Å²) in [5, 5.41) is 12.4. The molecule has 0 aliphatic carbocycles. The molecule has 0 saturated carbocycles. The van der Waals surface area contributed by atoms with Gasteiger partial charge in [-0.2, -0.15) is 0 Å². The molecule has 1 aromatic rings. The summed E-state index contributed by atoms with van der Waals surface area (Å²) < 4.78 is 5.01. The van der Waals surface area contributed by atoms with Crippen LogP contribution in [0.4, 0.5) is 0 Å². The molecule has 5 heteroatoms. The number of ether oxygens (including phenoxy) is 1. The standard InChI is InChI=1S/C13H18ClNO3/c1-9-3-4-10(7-12(9)16)13(17)15-11(5-6-14)8-18-2/h3-4,7,11,16H,5-6,8H2,1-2H3,(H,15,17). The Kier molecular flexibility index (Phi) is 5.95. The van der Waals surface area contributed by atoms with Gasteiger partial charge >= 0.3 is 0 Å². The molecule has 0 aliphatic rings. The van der Waals surface area contributed by atoms with Crippen molar-refractivity contribution in [1.29, 1.82) is 0 Å². The van der Waals surface area contributed by atoms with Crippen molar-refractivity contribution in [3.63, 3.8) is 0 Å². The first kappa shape index (κ1) is 14.8. The van der Waals surface area contributed by atoms with Crippen LogP contribution in [0.5, 0.6) is 5.75 Å². The van der Waals surface area contributed by atoms with Gasteiger partial charge in [0.1, 0.15) is 5.75 Å². The Morgan fingerprint density at radius 2 is 2.28 bits per heavy atom. The number of nitrogens with one attached hydrogen (secondary N) is 1. The number of carbonyl (C=O) groups is 1. The molecule has 0 aromatic heterocycles. The van der Waals surface area contributed by atoms with Crippen molar-refractivity contribution in [1.82, 2.24) is 5.32 Å². The van der Waals surface area contributed by atoms with Gasteiger partial charge in [-0.1, -0.05) is 6.07 Å². The van der Waals surface area contributed by atoms with E-state index >= 15 is 0 Å². The number of phenols is 1. The molecule has 0 aliphatic heterocycles. The molecule has 1 atom stereocenters. The van der Waals surface area contributed by atoms with Gasteiger partial charge in [0.25, 0.3) is 5.91 Å². The largest absolute Gasteiger partial charge is 0.508 e. The van der Waals surface area contributed by atoms with E-state index in [1.54, 1.807) is 26.2 Å². The molecule has 4 nitrogen and oxygen atoms in total. The van der Waals surface area contributed by atoms with Gasteiger partial charge in [-0.15, -0.1) is 11.6 Å². The van der Waals surface area contributed by atoms with Crippen molar-refractivity contribution >= 4 is 17.5 Å². The summed E-state index contributed by atoms with van der Waals surface area (Å²) in [5.41, 5.74) is 1.16. The molecule has 0 spiro atoms. The third-order valence-corrected chi connectivity index (χ3v) is 2.85. The number of hydrogen-bond donors (Lipinski definition) is 2. The van der Waals surface area contributed by atoms with Crippen LogP contribution in [0.15, 0.2) is 18.2 Å². The van der Waals surface area contributed by atoms with Gasteiger partial charge in [-0.05, 0) is 31.0 Å². The smallest absolute Gasteiger partial charge is 0.251 e. The molecule has 2 N–H and O–H groups in total. The van der Waals surface area contributed by atoms with Crippen LogP contribution in [0.25, 0.3) is 0 Å². The van der Waals surface area contributed by atoms with E-state index in [0.29, 0.717) is 24.5 Å². The Hall–Kier alpha value is -1.26. The van der Waals surface area contributed by atoms with Gasteiger partial charge in [0, 0.05) is 18.6 Å². The Labute approximate surface area is 112 Å². The lowest BCUT2D eigenvalue weighted by atomic mass is 10.1. The third kappa shape index (κ3) is 4.20. The van der Waals surface area contributed by atoms with Crippen molar-refractivity contribution in [3.05, 3.63) is 29.3 Å². The first-order valence-electron chi connectivity index (χ1n) is 5.74. The average molecular weight is 272 g/mol. The van der Waals surface area contributed by atoms with Crippen LogP contribution in [0.1, 0.15) is 22.3 Å². The van der Waals surface area contributed by atoms with Crippen molar-refractivity contribution in [2.45, 2.75) is 19.4 Å². The molecule has 1 rings (SSSR count). The van der Waals surface area contributed by atoms with Crippen LogP contribution in [0, 0.1) is 6.92 Å². The van der Waals surface area contributed by atoms with Gasteiger partial charge in [0.2, 0.25) is 0 Å². The Morgan fingerprint density at radius 1 is 1.56 bits per heavy atom. The van der Waals surface area contributed by atoms with Crippen LogP contribution >= 0.6 is 11.6 Å². The second kappa shape index (κ2) is 7.24. The number of carbonyl (C=O) groups excluding carboxylic acids is 1. The molecule has 1 unspecified atom stereocenters. The van der Waals surface area contributed by atoms with E-state index in [9.17, 15) is 9.90 Å². The molecule has 0 fully saturated rings. The molecule has 18 heavy (non-hydrogen) atoms. The van der Waals surface area contributed by atoms with Crippen molar-refractivity contribution in [2.24, 2.45) is 0 Å². The minimum Gasteiger partial charge on any atom is -0.508 e. The number of aromatic hydroxyl groups is 1. The van der Waals surface area contributed by atoms with Crippen LogP contribution in [-0.2, 0) is 4.74 Å². The molecular weight excluding hydrogens is 254 g/mol. The van der Waals surface area contributed by atoms with Crippen LogP contribution in [0.3, 0.4) is 0 Å². The average Bonchev–Trinajstić information content (AvgIpc) is 2.33. The van der Waals surface area contributed by atoms with Gasteiger partial charge in [0.15, 0.2) is 0 Å². The summed E-state index contributed by atoms with van der Waals surface area (Å²) in [4.78, 5) is 11.9. The minimum absolute atomic E-state index is 0.114. The number of aryl methyl sites for hydroxylation is 1. The first-order chi connectivity index (χ1) is 8.58. The third-order valence-electron chi connectivity index (χ3n) is 2.63. The lowest BCUT2D eigenvalue weighted by Crippen LogP contribution is -2.38. The molecule has 100 valence electrons. The van der Waals surface area contributed by atoms with E-state index in [4.69, 9.17) is 16.3 Å². The zero-order valence-corrected chi connectivity index (χ0v) is 11.3. The number of alkyl halides is 1. The Bertz CT molecular complexity index is 403. The molecule has 1 aromatic carbocycles. The predicted octanol–water partition coefficient (Wildman–Crippen LogP) is 2.07. The predicted molar refractivity (Wildman–Crippen MR) is 71.3 cm³/mol. The maximum absolute atomic E-state index is 11.9. The monoisotopic (exact) mass is 271 g/mol. The summed E-state index contributed by atoms with van der Waals surface area (Å²) in [6.45, 7) is 2.19. The number of amides is 1. The maximum Gasteiger partial charge on any atom is 0.251 e. The minimum atomic E-state index is -0.238. The quantitative estimate of drug-likeness (QED) is 0.779. The van der Waals surface area contributed by atoms with Crippen molar-refractivity contribution < 1.29 is 14.6 Å². The molecular formula is C13H18ClNO3. The number of hydrogen-bond acceptors (Lipinski definition) is 3. The van der Waals surface area contributed by atoms with E-state index in [-0.39, 0.29) is 17.7 Å². The fraction of sp³-hybridized carbons (Fsp3) is 0.462. The van der Waals surface area contributed by atoms with Gasteiger partial charge in [0.05, 0.1) is 12.6 Å². The van der Waals surface area contributed by atoms with Crippen LogP contribution in [-0.4, -0.2) is 36.7 Å². The van der Waals surface area contributed by atoms with Gasteiger partial charge in [-0.3, -0.25) is 4.79 Å². The van der Waals surface area contributed by atoms with E-state index < -0.39 is 0 Å². The van der Waals surface area contributed by atoms with E-state index in [0.717, 1.165) is 5.56 Å². The van der Waals surface area contributed by atoms with Crippen molar-refractivity contribution in [2.75, 3.05) is 19.6 Å². The summed E-state index contributed by atoms with van der Waals surface area (Å²) in [6.07, 6.45) is 0.638. The second-order valence-electron chi connectivity index (χ2n) is 4.10. The zero-order valence-electron chi connectivity index (χ0n) is 10.6. The summed E-state index contributed by atoms with van der Waals surface area (Å²) >= 11 is 5.66. The number of rotatable bonds is 6. The zero-order chi connectivity index (χ0) is 13.5. The molecule has 0 bridgehead atoms. The van der Waals surface area contributed by atoms with Gasteiger partial charge < -0.3 is 15.2 Å². The number of halogens is 1. The molecule has 0 saturated heterocycles.